The van der Waals surface area contributed by atoms with Crippen molar-refractivity contribution in [2.75, 3.05) is 6.54 Å². The van der Waals surface area contributed by atoms with Crippen molar-refractivity contribution in [3.63, 3.8) is 0 Å². The van der Waals surface area contributed by atoms with E-state index in [1.807, 2.05) is 6.92 Å². The summed E-state index contributed by atoms with van der Waals surface area (Å²) in [4.78, 5) is 25.5. The normalized spacial score (nSPS) is 14.1. The number of sulfone groups is 1. The molecule has 5 nitrogen and oxygen atoms in total. The van der Waals surface area contributed by atoms with Gasteiger partial charge in [0, 0.05) is 24.6 Å². The summed E-state index contributed by atoms with van der Waals surface area (Å²) in [5.74, 6) is 4.75. The Hall–Kier alpha value is -3.31. The number of amides is 2. The highest BCUT2D eigenvalue weighted by molar-refractivity contribution is 7.92. The molecule has 0 bridgehead atoms. The van der Waals surface area contributed by atoms with Gasteiger partial charge in [0.1, 0.15) is 0 Å². The minimum absolute atomic E-state index is 0.0482. The lowest BCUT2D eigenvalue weighted by Gasteiger charge is -2.14. The average molecular weight is 486 g/mol. The van der Waals surface area contributed by atoms with Crippen molar-refractivity contribution in [2.45, 2.75) is 49.2 Å². The molecule has 2 aromatic carbocycles. The van der Waals surface area contributed by atoms with E-state index in [0.717, 1.165) is 23.5 Å². The molecule has 0 radical (unpaired) electrons. The van der Waals surface area contributed by atoms with Crippen LogP contribution in [0.15, 0.2) is 71.1 Å². The molecule has 2 aromatic rings. The number of carbonyl (C=O) groups is 2. The molecule has 0 unspecified atom stereocenters. The maximum atomic E-state index is 14.7. The SMILES string of the molecule is CCCC/C(C#CCCCN1C(=O)c2ccccc2C1=O)=C\C(F)(F)S(=O)(=O)c1ccccc1. The van der Waals surface area contributed by atoms with Crippen molar-refractivity contribution in [2.24, 2.45) is 0 Å². The molecular formula is C26H25F2NO4S. The summed E-state index contributed by atoms with van der Waals surface area (Å²) in [5, 5.41) is -4.10. The summed E-state index contributed by atoms with van der Waals surface area (Å²) >= 11 is 0. The lowest BCUT2D eigenvalue weighted by molar-refractivity contribution is 0.0653. The smallest absolute Gasteiger partial charge is 0.274 e. The molecular weight excluding hydrogens is 460 g/mol. The molecule has 8 heteroatoms. The van der Waals surface area contributed by atoms with Gasteiger partial charge in [-0.05, 0) is 43.5 Å². The van der Waals surface area contributed by atoms with E-state index in [-0.39, 0.29) is 36.8 Å². The number of alkyl halides is 2. The molecule has 0 saturated heterocycles. The van der Waals surface area contributed by atoms with Gasteiger partial charge in [-0.3, -0.25) is 14.5 Å². The monoisotopic (exact) mass is 485 g/mol. The first kappa shape index (κ1) is 25.3. The average Bonchev–Trinajstić information content (AvgIpc) is 3.07. The van der Waals surface area contributed by atoms with Gasteiger partial charge in [-0.25, -0.2) is 8.42 Å². The number of unbranched alkanes of at least 4 members (excludes halogenated alkanes) is 2. The van der Waals surface area contributed by atoms with E-state index >= 15 is 0 Å². The van der Waals surface area contributed by atoms with Gasteiger partial charge in [0.05, 0.1) is 16.0 Å². The van der Waals surface area contributed by atoms with Crippen LogP contribution >= 0.6 is 0 Å². The van der Waals surface area contributed by atoms with Crippen LogP contribution in [-0.2, 0) is 9.84 Å². The zero-order valence-corrected chi connectivity index (χ0v) is 19.6. The summed E-state index contributed by atoms with van der Waals surface area (Å²) in [7, 11) is -4.90. The van der Waals surface area contributed by atoms with Gasteiger partial charge in [0.25, 0.3) is 11.8 Å². The summed E-state index contributed by atoms with van der Waals surface area (Å²) in [6, 6.07) is 13.2. The molecule has 0 aliphatic carbocycles. The fourth-order valence-electron chi connectivity index (χ4n) is 3.52. The Balaban J connectivity index is 1.68. The van der Waals surface area contributed by atoms with E-state index in [2.05, 4.69) is 11.8 Å². The number of benzene rings is 2. The lowest BCUT2D eigenvalue weighted by Crippen LogP contribution is -2.30. The Bertz CT molecular complexity index is 1220. The van der Waals surface area contributed by atoms with E-state index in [1.54, 1.807) is 30.3 Å². The molecule has 1 heterocycles. The molecule has 0 saturated carbocycles. The third-order valence-corrected chi connectivity index (χ3v) is 7.09. The van der Waals surface area contributed by atoms with Crippen LogP contribution in [0.4, 0.5) is 8.78 Å². The van der Waals surface area contributed by atoms with Crippen LogP contribution in [0.25, 0.3) is 0 Å². The van der Waals surface area contributed by atoms with Crippen LogP contribution in [0.2, 0.25) is 0 Å². The van der Waals surface area contributed by atoms with Gasteiger partial charge in [0.15, 0.2) is 0 Å². The Kier molecular flexibility index (Phi) is 8.00. The van der Waals surface area contributed by atoms with Crippen LogP contribution in [0.1, 0.15) is 59.7 Å². The maximum Gasteiger partial charge on any atom is 0.369 e. The molecule has 2 amide bonds. The first-order valence-corrected chi connectivity index (χ1v) is 12.5. The topological polar surface area (TPSA) is 71.5 Å². The number of imide groups is 1. The predicted molar refractivity (Wildman–Crippen MR) is 125 cm³/mol. The number of allylic oxidation sites excluding steroid dienone is 1. The quantitative estimate of drug-likeness (QED) is 0.276. The molecule has 0 fully saturated rings. The zero-order valence-electron chi connectivity index (χ0n) is 18.8. The molecule has 1 aliphatic heterocycles. The van der Waals surface area contributed by atoms with Crippen LogP contribution in [-0.4, -0.2) is 36.9 Å². The van der Waals surface area contributed by atoms with E-state index in [9.17, 15) is 26.8 Å². The Morgan fingerprint density at radius 1 is 0.971 bits per heavy atom. The fourth-order valence-corrected chi connectivity index (χ4v) is 4.65. The number of rotatable bonds is 9. The number of hydrogen-bond acceptors (Lipinski definition) is 4. The Morgan fingerprint density at radius 2 is 1.56 bits per heavy atom. The number of fused-ring (bicyclic) bond motifs is 1. The second kappa shape index (κ2) is 10.7. The highest BCUT2D eigenvalue weighted by Gasteiger charge is 2.44. The van der Waals surface area contributed by atoms with Gasteiger partial charge < -0.3 is 0 Å². The van der Waals surface area contributed by atoms with Crippen molar-refractivity contribution in [3.8, 4) is 11.8 Å². The van der Waals surface area contributed by atoms with Gasteiger partial charge in [-0.1, -0.05) is 55.5 Å². The van der Waals surface area contributed by atoms with E-state index in [1.165, 1.54) is 12.1 Å². The van der Waals surface area contributed by atoms with E-state index < -0.39 is 20.0 Å². The second-order valence-corrected chi connectivity index (χ2v) is 9.89. The molecule has 178 valence electrons. The standard InChI is InChI=1S/C26H25F2NO4S/c1-2-3-12-20(19-26(27,28)34(32,33)21-14-7-4-8-15-21)13-6-5-11-18-29-24(30)22-16-9-10-17-23(22)25(29)31/h4,7-10,14-17,19H,2-3,5,11-12,18H2,1H3/b20-19+. The third-order valence-electron chi connectivity index (χ3n) is 5.36. The highest BCUT2D eigenvalue weighted by Crippen LogP contribution is 2.32. The zero-order chi connectivity index (χ0) is 24.8. The van der Waals surface area contributed by atoms with Crippen molar-refractivity contribution < 1.29 is 26.8 Å². The Morgan fingerprint density at radius 3 is 2.15 bits per heavy atom. The molecule has 34 heavy (non-hydrogen) atoms. The number of halogens is 2. The van der Waals surface area contributed by atoms with Crippen molar-refractivity contribution >= 4 is 21.7 Å². The van der Waals surface area contributed by atoms with Crippen molar-refractivity contribution in [3.05, 3.63) is 77.4 Å². The van der Waals surface area contributed by atoms with Gasteiger partial charge >= 0.3 is 5.25 Å². The molecule has 0 N–H and O–H groups in total. The molecule has 0 atom stereocenters. The highest BCUT2D eigenvalue weighted by atomic mass is 32.2. The molecule has 1 aliphatic rings. The van der Waals surface area contributed by atoms with Crippen LogP contribution in [0, 0.1) is 11.8 Å². The van der Waals surface area contributed by atoms with Crippen LogP contribution in [0.5, 0.6) is 0 Å². The number of hydrogen-bond donors (Lipinski definition) is 0. The molecule has 0 spiro atoms. The van der Waals surface area contributed by atoms with Gasteiger partial charge in [-0.2, -0.15) is 8.78 Å². The van der Waals surface area contributed by atoms with E-state index in [4.69, 9.17) is 0 Å². The first-order valence-electron chi connectivity index (χ1n) is 11.0. The minimum Gasteiger partial charge on any atom is -0.274 e. The maximum absolute atomic E-state index is 14.7. The predicted octanol–water partition coefficient (Wildman–Crippen LogP) is 5.25. The summed E-state index contributed by atoms with van der Waals surface area (Å²) in [5.41, 5.74) is 0.780. The summed E-state index contributed by atoms with van der Waals surface area (Å²) in [6.45, 7) is 2.06. The lowest BCUT2D eigenvalue weighted by atomic mass is 10.1. The Labute approximate surface area is 198 Å². The largest absolute Gasteiger partial charge is 0.369 e. The van der Waals surface area contributed by atoms with Crippen LogP contribution < -0.4 is 0 Å². The first-order chi connectivity index (χ1) is 16.2. The number of carbonyl (C=O) groups excluding carboxylic acids is 2. The summed E-state index contributed by atoms with van der Waals surface area (Å²) in [6.07, 6.45) is 2.60. The molecule has 3 rings (SSSR count). The summed E-state index contributed by atoms with van der Waals surface area (Å²) < 4.78 is 54.4. The fraction of sp³-hybridized carbons (Fsp3) is 0.308. The van der Waals surface area contributed by atoms with Gasteiger partial charge in [-0.15, -0.1) is 0 Å². The van der Waals surface area contributed by atoms with Crippen LogP contribution in [0.3, 0.4) is 0 Å². The minimum atomic E-state index is -4.90. The van der Waals surface area contributed by atoms with Crippen molar-refractivity contribution in [1.82, 2.24) is 4.90 Å². The third kappa shape index (κ3) is 5.42. The van der Waals surface area contributed by atoms with Crippen molar-refractivity contribution in [1.29, 1.82) is 0 Å². The van der Waals surface area contributed by atoms with E-state index in [0.29, 0.717) is 30.0 Å². The van der Waals surface area contributed by atoms with Gasteiger partial charge in [0.2, 0.25) is 9.84 Å². The molecule has 0 aromatic heterocycles. The number of nitrogens with zero attached hydrogens (tertiary/aromatic N) is 1. The second-order valence-electron chi connectivity index (χ2n) is 7.86.